The SMILES string of the molecule is CCN(CC)Cc1ccc(CNC(=O)CCCNC(=O)c2ccc(Cl)cc2)cc1. The van der Waals surface area contributed by atoms with Crippen LogP contribution in [0.4, 0.5) is 0 Å². The minimum atomic E-state index is -0.160. The summed E-state index contributed by atoms with van der Waals surface area (Å²) in [5.41, 5.74) is 2.92. The second-order valence-corrected chi connectivity index (χ2v) is 7.36. The second kappa shape index (κ2) is 12.2. The first-order chi connectivity index (χ1) is 14.0. The third-order valence-corrected chi connectivity index (χ3v) is 5.04. The fraction of sp³-hybridized carbons (Fsp3) is 0.391. The van der Waals surface area contributed by atoms with E-state index in [0.717, 1.165) is 25.2 Å². The molecule has 0 bridgehead atoms. The van der Waals surface area contributed by atoms with Gasteiger partial charge in [0, 0.05) is 36.6 Å². The molecule has 0 aliphatic rings. The highest BCUT2D eigenvalue weighted by Crippen LogP contribution is 2.09. The van der Waals surface area contributed by atoms with Gasteiger partial charge in [0.15, 0.2) is 0 Å². The molecule has 0 atom stereocenters. The summed E-state index contributed by atoms with van der Waals surface area (Å²) >= 11 is 5.81. The molecule has 0 heterocycles. The van der Waals surface area contributed by atoms with Crippen LogP contribution in [0.2, 0.25) is 5.02 Å². The quantitative estimate of drug-likeness (QED) is 0.545. The zero-order chi connectivity index (χ0) is 21.1. The van der Waals surface area contributed by atoms with Crippen LogP contribution in [0.25, 0.3) is 0 Å². The van der Waals surface area contributed by atoms with Gasteiger partial charge < -0.3 is 10.6 Å². The van der Waals surface area contributed by atoms with Crippen molar-refractivity contribution in [3.05, 3.63) is 70.2 Å². The maximum atomic E-state index is 12.0. The fourth-order valence-electron chi connectivity index (χ4n) is 2.91. The first-order valence-electron chi connectivity index (χ1n) is 10.1. The predicted octanol–water partition coefficient (Wildman–Crippen LogP) is 4.01. The molecule has 2 aromatic carbocycles. The lowest BCUT2D eigenvalue weighted by atomic mass is 10.1. The van der Waals surface area contributed by atoms with Crippen LogP contribution in [-0.2, 0) is 17.9 Å². The second-order valence-electron chi connectivity index (χ2n) is 6.92. The molecule has 0 unspecified atom stereocenters. The van der Waals surface area contributed by atoms with Crippen molar-refractivity contribution in [2.75, 3.05) is 19.6 Å². The molecule has 0 aliphatic heterocycles. The highest BCUT2D eigenvalue weighted by atomic mass is 35.5. The molecule has 0 aromatic heterocycles. The highest BCUT2D eigenvalue weighted by Gasteiger charge is 2.06. The standard InChI is InChI=1S/C23H30ClN3O2/c1-3-27(4-2)17-19-9-7-18(8-10-19)16-26-22(28)6-5-15-25-23(29)20-11-13-21(24)14-12-20/h7-14H,3-6,15-17H2,1-2H3,(H,25,29)(H,26,28). The lowest BCUT2D eigenvalue weighted by Gasteiger charge is -2.18. The monoisotopic (exact) mass is 415 g/mol. The number of halogens is 1. The number of carbonyl (C=O) groups excluding carboxylic acids is 2. The van der Waals surface area contributed by atoms with Crippen molar-refractivity contribution >= 4 is 23.4 Å². The molecule has 2 N–H and O–H groups in total. The summed E-state index contributed by atoms with van der Waals surface area (Å²) in [5.74, 6) is -0.176. The largest absolute Gasteiger partial charge is 0.352 e. The predicted molar refractivity (Wildman–Crippen MR) is 118 cm³/mol. The zero-order valence-electron chi connectivity index (χ0n) is 17.2. The average molecular weight is 416 g/mol. The molecule has 0 saturated carbocycles. The average Bonchev–Trinajstić information content (AvgIpc) is 2.74. The number of nitrogens with zero attached hydrogens (tertiary/aromatic N) is 1. The summed E-state index contributed by atoms with van der Waals surface area (Å²) in [6.45, 7) is 8.31. The van der Waals surface area contributed by atoms with E-state index in [1.165, 1.54) is 5.56 Å². The van der Waals surface area contributed by atoms with Crippen molar-refractivity contribution in [1.29, 1.82) is 0 Å². The van der Waals surface area contributed by atoms with Crippen LogP contribution in [-0.4, -0.2) is 36.3 Å². The molecular formula is C23H30ClN3O2. The molecule has 29 heavy (non-hydrogen) atoms. The summed E-state index contributed by atoms with van der Waals surface area (Å²) < 4.78 is 0. The van der Waals surface area contributed by atoms with E-state index in [2.05, 4.69) is 53.6 Å². The van der Waals surface area contributed by atoms with Crippen LogP contribution >= 0.6 is 11.6 Å². The number of benzene rings is 2. The molecule has 156 valence electrons. The minimum Gasteiger partial charge on any atom is -0.352 e. The lowest BCUT2D eigenvalue weighted by molar-refractivity contribution is -0.121. The maximum Gasteiger partial charge on any atom is 0.251 e. The number of hydrogen-bond donors (Lipinski definition) is 2. The van der Waals surface area contributed by atoms with Gasteiger partial charge in [0.1, 0.15) is 0 Å². The maximum absolute atomic E-state index is 12.0. The molecule has 0 fully saturated rings. The Morgan fingerprint density at radius 1 is 0.897 bits per heavy atom. The lowest BCUT2D eigenvalue weighted by Crippen LogP contribution is -2.27. The third-order valence-electron chi connectivity index (χ3n) is 4.79. The molecule has 0 spiro atoms. The summed E-state index contributed by atoms with van der Waals surface area (Å²) in [4.78, 5) is 26.4. The van der Waals surface area contributed by atoms with Crippen LogP contribution in [0, 0.1) is 0 Å². The zero-order valence-corrected chi connectivity index (χ0v) is 18.0. The van der Waals surface area contributed by atoms with E-state index in [-0.39, 0.29) is 11.8 Å². The van der Waals surface area contributed by atoms with Gasteiger partial charge in [-0.15, -0.1) is 0 Å². The van der Waals surface area contributed by atoms with Crippen molar-refractivity contribution in [3.63, 3.8) is 0 Å². The Hall–Kier alpha value is -2.37. The molecule has 0 aliphatic carbocycles. The van der Waals surface area contributed by atoms with Crippen LogP contribution in [0.15, 0.2) is 48.5 Å². The van der Waals surface area contributed by atoms with Gasteiger partial charge in [0.2, 0.25) is 5.91 Å². The van der Waals surface area contributed by atoms with Crippen LogP contribution in [0.3, 0.4) is 0 Å². The van der Waals surface area contributed by atoms with Gasteiger partial charge in [0.25, 0.3) is 5.91 Å². The van der Waals surface area contributed by atoms with E-state index in [1.54, 1.807) is 24.3 Å². The molecule has 5 nitrogen and oxygen atoms in total. The van der Waals surface area contributed by atoms with Gasteiger partial charge in [-0.05, 0) is 54.9 Å². The fourth-order valence-corrected chi connectivity index (χ4v) is 3.04. The van der Waals surface area contributed by atoms with E-state index in [0.29, 0.717) is 36.5 Å². The molecule has 6 heteroatoms. The van der Waals surface area contributed by atoms with E-state index in [1.807, 2.05) is 0 Å². The van der Waals surface area contributed by atoms with Gasteiger partial charge >= 0.3 is 0 Å². The topological polar surface area (TPSA) is 61.4 Å². The van der Waals surface area contributed by atoms with Crippen molar-refractivity contribution in [1.82, 2.24) is 15.5 Å². The number of rotatable bonds is 11. The van der Waals surface area contributed by atoms with Crippen molar-refractivity contribution in [2.24, 2.45) is 0 Å². The van der Waals surface area contributed by atoms with E-state index in [4.69, 9.17) is 11.6 Å². The summed E-state index contributed by atoms with van der Waals surface area (Å²) in [5, 5.41) is 6.34. The van der Waals surface area contributed by atoms with Crippen molar-refractivity contribution in [2.45, 2.75) is 39.8 Å². The van der Waals surface area contributed by atoms with Crippen molar-refractivity contribution in [3.8, 4) is 0 Å². The Labute approximate surface area is 178 Å². The van der Waals surface area contributed by atoms with Gasteiger partial charge in [-0.3, -0.25) is 14.5 Å². The molecule has 2 rings (SSSR count). The molecule has 2 aromatic rings. The summed E-state index contributed by atoms with van der Waals surface area (Å²) in [6.07, 6.45) is 0.967. The smallest absolute Gasteiger partial charge is 0.251 e. The summed E-state index contributed by atoms with van der Waals surface area (Å²) in [6, 6.07) is 15.1. The third kappa shape index (κ3) is 8.26. The normalized spacial score (nSPS) is 10.8. The minimum absolute atomic E-state index is 0.0158. The Morgan fingerprint density at radius 2 is 1.52 bits per heavy atom. The Bertz CT molecular complexity index is 772. The van der Waals surface area contributed by atoms with E-state index in [9.17, 15) is 9.59 Å². The number of nitrogens with one attached hydrogen (secondary N) is 2. The first-order valence-corrected chi connectivity index (χ1v) is 10.5. The Morgan fingerprint density at radius 3 is 2.14 bits per heavy atom. The van der Waals surface area contributed by atoms with Crippen molar-refractivity contribution < 1.29 is 9.59 Å². The number of hydrogen-bond acceptors (Lipinski definition) is 3. The van der Waals surface area contributed by atoms with Gasteiger partial charge in [0.05, 0.1) is 0 Å². The van der Waals surface area contributed by atoms with Crippen LogP contribution in [0.5, 0.6) is 0 Å². The van der Waals surface area contributed by atoms with Crippen LogP contribution < -0.4 is 10.6 Å². The molecular weight excluding hydrogens is 386 g/mol. The van der Waals surface area contributed by atoms with Gasteiger partial charge in [-0.25, -0.2) is 0 Å². The Kier molecular flexibility index (Phi) is 9.68. The summed E-state index contributed by atoms with van der Waals surface area (Å²) in [7, 11) is 0. The van der Waals surface area contributed by atoms with Gasteiger partial charge in [-0.1, -0.05) is 49.7 Å². The first kappa shape index (κ1) is 22.9. The number of amides is 2. The van der Waals surface area contributed by atoms with E-state index >= 15 is 0 Å². The van der Waals surface area contributed by atoms with E-state index < -0.39 is 0 Å². The Balaban J connectivity index is 1.64. The molecule has 2 amide bonds. The molecule has 0 radical (unpaired) electrons. The highest BCUT2D eigenvalue weighted by molar-refractivity contribution is 6.30. The number of carbonyl (C=O) groups is 2. The molecule has 0 saturated heterocycles. The van der Waals surface area contributed by atoms with Crippen LogP contribution in [0.1, 0.15) is 48.2 Å². The van der Waals surface area contributed by atoms with Gasteiger partial charge in [-0.2, -0.15) is 0 Å².